The van der Waals surface area contributed by atoms with Crippen LogP contribution < -0.4 is 5.32 Å². The molecule has 0 fully saturated rings. The van der Waals surface area contributed by atoms with Gasteiger partial charge in [0.25, 0.3) is 0 Å². The molecule has 5 heteroatoms. The number of carboxylic acid groups (broad SMARTS) is 1. The summed E-state index contributed by atoms with van der Waals surface area (Å²) in [6, 6.07) is 9.80. The van der Waals surface area contributed by atoms with Crippen molar-refractivity contribution in [3.05, 3.63) is 35.9 Å². The fraction of sp³-hybridized carbons (Fsp3) is 0.467. The van der Waals surface area contributed by atoms with Gasteiger partial charge in [0.05, 0.1) is 5.92 Å². The summed E-state index contributed by atoms with van der Waals surface area (Å²) in [5, 5.41) is 11.5. The molecule has 1 unspecified atom stereocenters. The van der Waals surface area contributed by atoms with E-state index in [1.807, 2.05) is 30.3 Å². The van der Waals surface area contributed by atoms with E-state index in [4.69, 9.17) is 5.11 Å². The average molecular weight is 278 g/mol. The lowest BCUT2D eigenvalue weighted by Gasteiger charge is -2.18. The summed E-state index contributed by atoms with van der Waals surface area (Å²) < 4.78 is 0. The lowest BCUT2D eigenvalue weighted by atomic mass is 10.1. The molecule has 1 aromatic carbocycles. The number of likely N-dealkylation sites (N-methyl/N-ethyl adjacent to an activating group) is 1. The molecule has 0 saturated carbocycles. The van der Waals surface area contributed by atoms with Crippen LogP contribution in [0.3, 0.4) is 0 Å². The Labute approximate surface area is 119 Å². The third-order valence-electron chi connectivity index (χ3n) is 3.20. The molecule has 1 rings (SSSR count). The summed E-state index contributed by atoms with van der Waals surface area (Å²) in [6.45, 7) is 2.64. The van der Waals surface area contributed by atoms with Gasteiger partial charge < -0.3 is 15.3 Å². The number of benzene rings is 1. The summed E-state index contributed by atoms with van der Waals surface area (Å²) in [4.78, 5) is 24.0. The van der Waals surface area contributed by atoms with Gasteiger partial charge in [-0.25, -0.2) is 4.79 Å². The topological polar surface area (TPSA) is 69.6 Å². The van der Waals surface area contributed by atoms with Gasteiger partial charge in [0.15, 0.2) is 0 Å². The lowest BCUT2D eigenvalue weighted by molar-refractivity contribution is -0.141. The number of carbonyl (C=O) groups is 2. The van der Waals surface area contributed by atoms with Gasteiger partial charge in [-0.1, -0.05) is 37.3 Å². The van der Waals surface area contributed by atoms with Crippen LogP contribution in [0.5, 0.6) is 0 Å². The lowest BCUT2D eigenvalue weighted by Crippen LogP contribution is -2.39. The van der Waals surface area contributed by atoms with Crippen molar-refractivity contribution in [3.63, 3.8) is 0 Å². The van der Waals surface area contributed by atoms with Gasteiger partial charge in [0, 0.05) is 20.1 Å². The fourth-order valence-corrected chi connectivity index (χ4v) is 1.70. The molecule has 0 aromatic heterocycles. The monoisotopic (exact) mass is 278 g/mol. The molecule has 2 amide bonds. The van der Waals surface area contributed by atoms with Crippen LogP contribution in [0.2, 0.25) is 0 Å². The fourth-order valence-electron chi connectivity index (χ4n) is 1.70. The van der Waals surface area contributed by atoms with Crippen LogP contribution in [-0.2, 0) is 11.2 Å². The molecule has 110 valence electrons. The van der Waals surface area contributed by atoms with Crippen molar-refractivity contribution in [2.75, 3.05) is 20.1 Å². The van der Waals surface area contributed by atoms with Crippen molar-refractivity contribution in [1.29, 1.82) is 0 Å². The molecule has 1 aromatic rings. The van der Waals surface area contributed by atoms with Crippen LogP contribution in [0.15, 0.2) is 30.3 Å². The summed E-state index contributed by atoms with van der Waals surface area (Å²) in [5.41, 5.74) is 1.19. The van der Waals surface area contributed by atoms with Crippen LogP contribution in [0.25, 0.3) is 0 Å². The highest BCUT2D eigenvalue weighted by molar-refractivity contribution is 5.74. The number of hydrogen-bond acceptors (Lipinski definition) is 2. The van der Waals surface area contributed by atoms with E-state index in [-0.39, 0.29) is 6.03 Å². The quantitative estimate of drug-likeness (QED) is 0.801. The third kappa shape index (κ3) is 5.73. The van der Waals surface area contributed by atoms with Crippen LogP contribution in [-0.4, -0.2) is 42.1 Å². The molecule has 0 aliphatic rings. The molecule has 2 N–H and O–H groups in total. The van der Waals surface area contributed by atoms with Crippen molar-refractivity contribution in [3.8, 4) is 0 Å². The van der Waals surface area contributed by atoms with E-state index < -0.39 is 11.9 Å². The van der Waals surface area contributed by atoms with Crippen molar-refractivity contribution in [1.82, 2.24) is 10.2 Å². The molecule has 0 radical (unpaired) electrons. The number of aliphatic carboxylic acids is 1. The molecule has 0 spiro atoms. The van der Waals surface area contributed by atoms with Gasteiger partial charge >= 0.3 is 12.0 Å². The zero-order valence-electron chi connectivity index (χ0n) is 12.0. The van der Waals surface area contributed by atoms with E-state index in [9.17, 15) is 9.59 Å². The normalized spacial score (nSPS) is 11.7. The van der Waals surface area contributed by atoms with Crippen molar-refractivity contribution in [2.45, 2.75) is 19.8 Å². The van der Waals surface area contributed by atoms with Gasteiger partial charge in [-0.3, -0.25) is 4.79 Å². The number of carboxylic acids is 1. The number of carbonyl (C=O) groups excluding carboxylic acids is 1. The van der Waals surface area contributed by atoms with Crippen LogP contribution in [0.4, 0.5) is 4.79 Å². The van der Waals surface area contributed by atoms with Gasteiger partial charge in [0.1, 0.15) is 0 Å². The smallest absolute Gasteiger partial charge is 0.317 e. The molecular weight excluding hydrogens is 256 g/mol. The first-order valence-electron chi connectivity index (χ1n) is 6.76. The maximum atomic E-state index is 11.8. The van der Waals surface area contributed by atoms with E-state index in [0.29, 0.717) is 19.5 Å². The standard InChI is InChI=1S/C15H22N2O3/c1-12(14(18)19)8-10-16-15(20)17(2)11-9-13-6-4-3-5-7-13/h3-7,12H,8-11H2,1-2H3,(H,16,20)(H,18,19). The third-order valence-corrected chi connectivity index (χ3v) is 3.20. The van der Waals surface area contributed by atoms with Crippen LogP contribution in [0, 0.1) is 5.92 Å². The first-order valence-corrected chi connectivity index (χ1v) is 6.76. The van der Waals surface area contributed by atoms with Crippen molar-refractivity contribution < 1.29 is 14.7 Å². The Morgan fingerprint density at radius 1 is 1.30 bits per heavy atom. The first-order chi connectivity index (χ1) is 9.50. The van der Waals surface area contributed by atoms with Gasteiger partial charge in [-0.05, 0) is 18.4 Å². The first kappa shape index (κ1) is 16.0. The highest BCUT2D eigenvalue weighted by Crippen LogP contribution is 2.02. The van der Waals surface area contributed by atoms with E-state index in [2.05, 4.69) is 5.32 Å². The minimum Gasteiger partial charge on any atom is -0.481 e. The second kappa shape index (κ2) is 8.19. The Balaban J connectivity index is 2.24. The molecule has 0 heterocycles. The zero-order chi connectivity index (χ0) is 15.0. The van der Waals surface area contributed by atoms with E-state index in [1.165, 1.54) is 5.56 Å². The second-order valence-electron chi connectivity index (χ2n) is 4.92. The largest absolute Gasteiger partial charge is 0.481 e. The van der Waals surface area contributed by atoms with Crippen LogP contribution >= 0.6 is 0 Å². The summed E-state index contributed by atoms with van der Waals surface area (Å²) >= 11 is 0. The molecule has 0 aliphatic heterocycles. The summed E-state index contributed by atoms with van der Waals surface area (Å²) in [6.07, 6.45) is 1.24. The highest BCUT2D eigenvalue weighted by atomic mass is 16.4. The maximum Gasteiger partial charge on any atom is 0.317 e. The Hall–Kier alpha value is -2.04. The number of rotatable bonds is 7. The number of urea groups is 1. The van der Waals surface area contributed by atoms with E-state index >= 15 is 0 Å². The van der Waals surface area contributed by atoms with Crippen LogP contribution in [0.1, 0.15) is 18.9 Å². The van der Waals surface area contributed by atoms with E-state index in [0.717, 1.165) is 6.42 Å². The summed E-state index contributed by atoms with van der Waals surface area (Å²) in [7, 11) is 1.74. The zero-order valence-corrected chi connectivity index (χ0v) is 12.0. The number of nitrogens with one attached hydrogen (secondary N) is 1. The second-order valence-corrected chi connectivity index (χ2v) is 4.92. The number of nitrogens with zero attached hydrogens (tertiary/aromatic N) is 1. The summed E-state index contributed by atoms with van der Waals surface area (Å²) in [5.74, 6) is -1.28. The van der Waals surface area contributed by atoms with Gasteiger partial charge in [-0.2, -0.15) is 0 Å². The number of hydrogen-bond donors (Lipinski definition) is 2. The Bertz CT molecular complexity index is 434. The molecule has 0 bridgehead atoms. The molecular formula is C15H22N2O3. The predicted octanol–water partition coefficient (Wildman–Crippen LogP) is 1.98. The minimum atomic E-state index is -0.836. The van der Waals surface area contributed by atoms with Gasteiger partial charge in [-0.15, -0.1) is 0 Å². The predicted molar refractivity (Wildman–Crippen MR) is 77.6 cm³/mol. The average Bonchev–Trinajstić information content (AvgIpc) is 2.45. The molecule has 5 nitrogen and oxygen atoms in total. The molecule has 0 saturated heterocycles. The molecule has 0 aliphatic carbocycles. The van der Waals surface area contributed by atoms with E-state index in [1.54, 1.807) is 18.9 Å². The highest BCUT2D eigenvalue weighted by Gasteiger charge is 2.12. The Morgan fingerprint density at radius 2 is 1.95 bits per heavy atom. The maximum absolute atomic E-state index is 11.8. The van der Waals surface area contributed by atoms with Gasteiger partial charge in [0.2, 0.25) is 0 Å². The Kier molecular flexibility index (Phi) is 6.56. The van der Waals surface area contributed by atoms with Crippen molar-refractivity contribution in [2.24, 2.45) is 5.92 Å². The van der Waals surface area contributed by atoms with Crippen molar-refractivity contribution >= 4 is 12.0 Å². The number of amides is 2. The molecule has 1 atom stereocenters. The SMILES string of the molecule is CC(CCNC(=O)N(C)CCc1ccccc1)C(=O)O. The Morgan fingerprint density at radius 3 is 2.55 bits per heavy atom. The molecule has 20 heavy (non-hydrogen) atoms. The minimum absolute atomic E-state index is 0.168.